The fourth-order valence-corrected chi connectivity index (χ4v) is 3.88. The van der Waals surface area contributed by atoms with Crippen LogP contribution in [0.1, 0.15) is 11.1 Å². The zero-order chi connectivity index (χ0) is 18.7. The molecule has 1 saturated heterocycles. The summed E-state index contributed by atoms with van der Waals surface area (Å²) in [6.45, 7) is 1.88. The van der Waals surface area contributed by atoms with E-state index in [0.29, 0.717) is 29.1 Å². The molecule has 1 atom stereocenters. The molecule has 0 bridgehead atoms. The van der Waals surface area contributed by atoms with Gasteiger partial charge >= 0.3 is 0 Å². The molecule has 138 valence electrons. The van der Waals surface area contributed by atoms with E-state index in [9.17, 15) is 0 Å². The first-order valence-electron chi connectivity index (χ1n) is 7.85. The van der Waals surface area contributed by atoms with E-state index >= 15 is 0 Å². The Hall–Kier alpha value is -0.130. The van der Waals surface area contributed by atoms with Crippen LogP contribution in [0.2, 0.25) is 10.0 Å². The smallest absolute Gasteiger partial charge is 0.202 e. The first-order valence-corrected chi connectivity index (χ1v) is 14.9. The molecule has 0 saturated carbocycles. The van der Waals surface area contributed by atoms with Gasteiger partial charge in [0.25, 0.3) is 0 Å². The third-order valence-electron chi connectivity index (χ3n) is 4.49. The van der Waals surface area contributed by atoms with E-state index in [-0.39, 0.29) is 0 Å². The minimum Gasteiger partial charge on any atom is -0.483 e. The minimum atomic E-state index is -0.817. The zero-order valence-corrected chi connectivity index (χ0v) is 19.7. The average Bonchev–Trinajstić information content (AvgIpc) is 3.03. The lowest BCUT2D eigenvalue weighted by molar-refractivity contribution is -0.0457. The zero-order valence-electron chi connectivity index (χ0n) is 13.9. The maximum absolute atomic E-state index is 6.54. The van der Waals surface area contributed by atoms with Gasteiger partial charge in [0.1, 0.15) is 0 Å². The molecular formula is C18H16Cl2I2N2O2. The fourth-order valence-electron chi connectivity index (χ4n) is 3.44. The lowest BCUT2D eigenvalue weighted by atomic mass is 9.92. The second-order valence-electron chi connectivity index (χ2n) is 5.77. The van der Waals surface area contributed by atoms with E-state index in [1.807, 2.05) is 42.5 Å². The number of rotatable bonds is 1. The van der Waals surface area contributed by atoms with Crippen LogP contribution in [0.4, 0.5) is 5.69 Å². The number of aliphatic imine (C=N–C) groups is 1. The maximum atomic E-state index is 6.54. The summed E-state index contributed by atoms with van der Waals surface area (Å²) in [7, 11) is 1.63. The van der Waals surface area contributed by atoms with Gasteiger partial charge < -0.3 is 9.47 Å². The van der Waals surface area contributed by atoms with E-state index in [4.69, 9.17) is 32.7 Å². The summed E-state index contributed by atoms with van der Waals surface area (Å²) in [5, 5.41) is 1.28. The summed E-state index contributed by atoms with van der Waals surface area (Å²) < 4.78 is 11.8. The third kappa shape index (κ3) is 3.60. The normalized spacial score (nSPS) is 21.7. The van der Waals surface area contributed by atoms with Gasteiger partial charge in [-0.2, -0.15) is 0 Å². The van der Waals surface area contributed by atoms with E-state index in [2.05, 4.69) is 47.1 Å². The van der Waals surface area contributed by atoms with Crippen LogP contribution in [0, 0.1) is 0 Å². The van der Waals surface area contributed by atoms with Gasteiger partial charge in [-0.05, 0) is 24.3 Å². The van der Waals surface area contributed by atoms with E-state index in [0.717, 1.165) is 23.4 Å². The molecule has 0 amide bonds. The van der Waals surface area contributed by atoms with Crippen LogP contribution in [0.15, 0.2) is 47.5 Å². The van der Waals surface area contributed by atoms with Crippen molar-refractivity contribution in [3.05, 3.63) is 63.6 Å². The first-order chi connectivity index (χ1) is 12.6. The number of ether oxygens (including phenoxy) is 2. The monoisotopic (exact) mass is 616 g/mol. The van der Waals surface area contributed by atoms with Crippen LogP contribution in [-0.4, -0.2) is 37.6 Å². The van der Waals surface area contributed by atoms with Crippen molar-refractivity contribution in [3.8, 4) is 0 Å². The quantitative estimate of drug-likeness (QED) is 0.370. The van der Waals surface area contributed by atoms with Crippen LogP contribution in [0.3, 0.4) is 0 Å². The van der Waals surface area contributed by atoms with Crippen molar-refractivity contribution < 1.29 is 9.47 Å². The van der Waals surface area contributed by atoms with Crippen molar-refractivity contribution in [1.82, 2.24) is 4.90 Å². The summed E-state index contributed by atoms with van der Waals surface area (Å²) in [6.07, 6.45) is 0. The van der Waals surface area contributed by atoms with Gasteiger partial charge in [-0.25, -0.2) is 4.99 Å². The molecule has 2 aliphatic rings. The van der Waals surface area contributed by atoms with Gasteiger partial charge in [-0.15, -0.1) is 0 Å². The standard InChI is InChI=1S/C18H16Cl2N2O2.I2/c1-23-17-11-22-8-9-24-18(22,13-4-2-3-5-15(13)20)14-10-12(19)6-7-16(14)21-17;1-2/h2-7,10H,8-9,11H2,1H3;. The summed E-state index contributed by atoms with van der Waals surface area (Å²) in [6, 6.07) is 13.3. The predicted octanol–water partition coefficient (Wildman–Crippen LogP) is 5.99. The largest absolute Gasteiger partial charge is 0.483 e. The van der Waals surface area contributed by atoms with Crippen molar-refractivity contribution in [1.29, 1.82) is 0 Å². The number of benzene rings is 2. The molecule has 26 heavy (non-hydrogen) atoms. The fraction of sp³-hybridized carbons (Fsp3) is 0.278. The number of hydrogen-bond donors (Lipinski definition) is 0. The Balaban J connectivity index is 0.000000948. The highest BCUT2D eigenvalue weighted by molar-refractivity contribution is 15.0. The van der Waals surface area contributed by atoms with Crippen LogP contribution < -0.4 is 0 Å². The summed E-state index contributed by atoms with van der Waals surface area (Å²) in [5.41, 5.74) is 1.73. The van der Waals surface area contributed by atoms with E-state index in [1.54, 1.807) is 7.11 Å². The van der Waals surface area contributed by atoms with Gasteiger partial charge in [-0.3, -0.25) is 4.90 Å². The minimum absolute atomic E-state index is 0.536. The number of hydrogen-bond acceptors (Lipinski definition) is 4. The molecule has 2 heterocycles. The number of halogens is 4. The number of fused-ring (bicyclic) bond motifs is 3. The van der Waals surface area contributed by atoms with Crippen LogP contribution in [0.5, 0.6) is 0 Å². The molecule has 0 aliphatic carbocycles. The lowest BCUT2D eigenvalue weighted by Crippen LogP contribution is -2.45. The first kappa shape index (κ1) is 20.6. The summed E-state index contributed by atoms with van der Waals surface area (Å²) in [4.78, 5) is 6.85. The van der Waals surface area contributed by atoms with Gasteiger partial charge in [0.15, 0.2) is 5.72 Å². The second-order valence-corrected chi connectivity index (χ2v) is 6.61. The Morgan fingerprint density at radius 1 is 1.15 bits per heavy atom. The number of methoxy groups -OCH3 is 1. The molecule has 2 aromatic carbocycles. The van der Waals surface area contributed by atoms with E-state index in [1.165, 1.54) is 0 Å². The van der Waals surface area contributed by atoms with Gasteiger partial charge in [0, 0.05) is 64.9 Å². The molecule has 4 nitrogen and oxygen atoms in total. The second kappa shape index (κ2) is 8.91. The SMILES string of the molecule is COC1=Nc2ccc(Cl)cc2C2(c3ccccc3Cl)OCCN2C1.II. The van der Waals surface area contributed by atoms with Crippen LogP contribution >= 0.6 is 60.4 Å². The topological polar surface area (TPSA) is 34.1 Å². The highest BCUT2D eigenvalue weighted by Crippen LogP contribution is 2.48. The van der Waals surface area contributed by atoms with Crippen LogP contribution in [0.25, 0.3) is 0 Å². The Morgan fingerprint density at radius 2 is 1.92 bits per heavy atom. The molecule has 8 heteroatoms. The molecular weight excluding hydrogens is 601 g/mol. The van der Waals surface area contributed by atoms with Crippen molar-refractivity contribution >= 4 is 72.0 Å². The third-order valence-corrected chi connectivity index (χ3v) is 5.05. The highest BCUT2D eigenvalue weighted by atomic mass is 128. The maximum Gasteiger partial charge on any atom is 0.202 e. The van der Waals surface area contributed by atoms with Gasteiger partial charge in [-0.1, -0.05) is 41.4 Å². The van der Waals surface area contributed by atoms with E-state index < -0.39 is 5.72 Å². The molecule has 2 aromatic rings. The van der Waals surface area contributed by atoms with Crippen molar-refractivity contribution in [3.63, 3.8) is 0 Å². The number of nitrogens with zero attached hydrogens (tertiary/aromatic N) is 2. The summed E-state index contributed by atoms with van der Waals surface area (Å²) in [5.74, 6) is 0.637. The average molecular weight is 617 g/mol. The summed E-state index contributed by atoms with van der Waals surface area (Å²) >= 11 is 17.1. The van der Waals surface area contributed by atoms with Crippen molar-refractivity contribution in [2.45, 2.75) is 5.72 Å². The van der Waals surface area contributed by atoms with Crippen molar-refractivity contribution in [2.75, 3.05) is 26.8 Å². The molecule has 2 aliphatic heterocycles. The molecule has 0 aromatic heterocycles. The van der Waals surface area contributed by atoms with Gasteiger partial charge in [0.2, 0.25) is 5.90 Å². The molecule has 0 spiro atoms. The molecule has 1 unspecified atom stereocenters. The lowest BCUT2D eigenvalue weighted by Gasteiger charge is -2.37. The molecule has 0 radical (unpaired) electrons. The Kier molecular flexibility index (Phi) is 7.06. The predicted molar refractivity (Wildman–Crippen MR) is 123 cm³/mol. The Labute approximate surface area is 186 Å². The highest BCUT2D eigenvalue weighted by Gasteiger charge is 2.49. The molecule has 0 N–H and O–H groups in total. The molecule has 4 rings (SSSR count). The van der Waals surface area contributed by atoms with Crippen molar-refractivity contribution in [2.24, 2.45) is 4.99 Å². The Bertz CT molecular complexity index is 835. The van der Waals surface area contributed by atoms with Gasteiger partial charge in [0.05, 0.1) is 25.9 Å². The molecule has 1 fully saturated rings. The Morgan fingerprint density at radius 3 is 2.65 bits per heavy atom. The van der Waals surface area contributed by atoms with Crippen LogP contribution in [-0.2, 0) is 15.2 Å².